The first kappa shape index (κ1) is 13.3. The second-order valence-corrected chi connectivity index (χ2v) is 6.18. The van der Waals surface area contributed by atoms with E-state index in [0.717, 1.165) is 18.5 Å². The smallest absolute Gasteiger partial charge is 0.285 e. The van der Waals surface area contributed by atoms with E-state index < -0.39 is 5.69 Å². The maximum Gasteiger partial charge on any atom is 0.334 e. The summed E-state index contributed by atoms with van der Waals surface area (Å²) < 4.78 is 3.39. The van der Waals surface area contributed by atoms with Gasteiger partial charge in [0.05, 0.1) is 10.9 Å². The van der Waals surface area contributed by atoms with Gasteiger partial charge in [-0.15, -0.1) is 0 Å². The molecule has 0 amide bonds. The molecule has 0 aliphatic heterocycles. The van der Waals surface area contributed by atoms with Crippen LogP contribution in [0, 0.1) is 0 Å². The van der Waals surface area contributed by atoms with Gasteiger partial charge in [-0.2, -0.15) is 0 Å². The fraction of sp³-hybridized carbons (Fsp3) is 0.167. The monoisotopic (exact) mass is 318 g/mol. The molecule has 0 spiro atoms. The average molecular weight is 318 g/mol. The lowest BCUT2D eigenvalue weighted by Crippen LogP contribution is -2.30. The molecule has 0 unspecified atom stereocenters. The fourth-order valence-corrected chi connectivity index (χ4v) is 3.27. The molecule has 1 aromatic carbocycles. The highest BCUT2D eigenvalue weighted by Crippen LogP contribution is 2.40. The molecular weight excluding hydrogens is 304 g/mol. The predicted molar refractivity (Wildman–Crippen MR) is 90.9 cm³/mol. The van der Waals surface area contributed by atoms with Gasteiger partial charge in [0.1, 0.15) is 11.5 Å². The minimum absolute atomic E-state index is 0.355. The highest BCUT2D eigenvalue weighted by Gasteiger charge is 2.24. The van der Waals surface area contributed by atoms with Crippen LogP contribution in [0.4, 0.5) is 0 Å². The number of nitrogens with one attached hydrogen (secondary N) is 1. The molecule has 24 heavy (non-hydrogen) atoms. The van der Waals surface area contributed by atoms with E-state index in [9.17, 15) is 9.59 Å². The Balaban J connectivity index is 1.93. The standard InChI is InChI=1S/C18H14N4O2/c23-17-13-7-6-12(11-4-5-11)10-14(13)22(18(24)20-17)16-3-1-2-15-19-8-9-21(15)16/h1-3,6-11H,4-5H2,(H,20,23,24). The molecule has 0 atom stereocenters. The van der Waals surface area contributed by atoms with Crippen molar-refractivity contribution in [1.29, 1.82) is 0 Å². The molecule has 0 radical (unpaired) electrons. The molecule has 3 aromatic heterocycles. The molecule has 5 rings (SSSR count). The molecular formula is C18H14N4O2. The van der Waals surface area contributed by atoms with Crippen LogP contribution in [0.2, 0.25) is 0 Å². The van der Waals surface area contributed by atoms with Crippen molar-refractivity contribution in [3.05, 3.63) is 75.2 Å². The largest absolute Gasteiger partial charge is 0.334 e. The van der Waals surface area contributed by atoms with Crippen LogP contribution in [0.15, 0.2) is 58.4 Å². The normalized spacial score (nSPS) is 14.5. The molecule has 1 aliphatic carbocycles. The molecule has 1 saturated carbocycles. The Morgan fingerprint density at radius 3 is 2.83 bits per heavy atom. The maximum absolute atomic E-state index is 12.6. The average Bonchev–Trinajstić information content (AvgIpc) is 3.32. The summed E-state index contributed by atoms with van der Waals surface area (Å²) in [5, 5.41) is 0.510. The summed E-state index contributed by atoms with van der Waals surface area (Å²) in [7, 11) is 0. The van der Waals surface area contributed by atoms with E-state index in [0.29, 0.717) is 22.6 Å². The third-order valence-corrected chi connectivity index (χ3v) is 4.62. The van der Waals surface area contributed by atoms with Gasteiger partial charge in [-0.1, -0.05) is 12.1 Å². The van der Waals surface area contributed by atoms with Gasteiger partial charge in [-0.3, -0.25) is 14.2 Å². The van der Waals surface area contributed by atoms with Gasteiger partial charge in [-0.05, 0) is 48.6 Å². The molecule has 3 heterocycles. The first-order valence-electron chi connectivity index (χ1n) is 7.94. The van der Waals surface area contributed by atoms with Crippen LogP contribution in [0.3, 0.4) is 0 Å². The molecule has 0 saturated heterocycles. The van der Waals surface area contributed by atoms with E-state index in [1.165, 1.54) is 5.56 Å². The Morgan fingerprint density at radius 1 is 1.12 bits per heavy atom. The first-order chi connectivity index (χ1) is 11.7. The van der Waals surface area contributed by atoms with Crippen molar-refractivity contribution >= 4 is 16.6 Å². The second-order valence-electron chi connectivity index (χ2n) is 6.18. The van der Waals surface area contributed by atoms with Crippen LogP contribution in [-0.4, -0.2) is 18.9 Å². The van der Waals surface area contributed by atoms with E-state index >= 15 is 0 Å². The van der Waals surface area contributed by atoms with Crippen molar-refractivity contribution < 1.29 is 0 Å². The van der Waals surface area contributed by atoms with Gasteiger partial charge in [0.25, 0.3) is 5.56 Å². The van der Waals surface area contributed by atoms with E-state index in [-0.39, 0.29) is 5.56 Å². The number of nitrogens with zero attached hydrogens (tertiary/aromatic N) is 3. The summed E-state index contributed by atoms with van der Waals surface area (Å²) in [6.07, 6.45) is 5.82. The van der Waals surface area contributed by atoms with Crippen molar-refractivity contribution in [2.45, 2.75) is 18.8 Å². The number of imidazole rings is 1. The highest BCUT2D eigenvalue weighted by molar-refractivity contribution is 5.80. The van der Waals surface area contributed by atoms with Crippen LogP contribution in [0.5, 0.6) is 0 Å². The van der Waals surface area contributed by atoms with Crippen LogP contribution in [0.25, 0.3) is 22.4 Å². The zero-order chi connectivity index (χ0) is 16.3. The number of benzene rings is 1. The molecule has 1 N–H and O–H groups in total. The van der Waals surface area contributed by atoms with Crippen molar-refractivity contribution in [3.8, 4) is 5.82 Å². The lowest BCUT2D eigenvalue weighted by molar-refractivity contribution is 0.888. The van der Waals surface area contributed by atoms with Gasteiger partial charge < -0.3 is 0 Å². The topological polar surface area (TPSA) is 72.2 Å². The number of hydrogen-bond acceptors (Lipinski definition) is 3. The number of H-pyrrole nitrogens is 1. The lowest BCUT2D eigenvalue weighted by Gasteiger charge is -2.12. The quantitative estimate of drug-likeness (QED) is 0.616. The molecule has 1 fully saturated rings. The SMILES string of the molecule is O=c1[nH]c(=O)n(-c2cccc3nccn23)c2cc(C3CC3)ccc12. The number of rotatable bonds is 2. The van der Waals surface area contributed by atoms with Crippen LogP contribution >= 0.6 is 0 Å². The number of fused-ring (bicyclic) bond motifs is 2. The third kappa shape index (κ3) is 1.86. The van der Waals surface area contributed by atoms with Crippen LogP contribution in [-0.2, 0) is 0 Å². The van der Waals surface area contributed by atoms with Crippen molar-refractivity contribution in [3.63, 3.8) is 0 Å². The lowest BCUT2D eigenvalue weighted by atomic mass is 10.1. The number of aromatic nitrogens is 4. The van der Waals surface area contributed by atoms with Gasteiger partial charge in [-0.25, -0.2) is 14.3 Å². The second kappa shape index (κ2) is 4.67. The Kier molecular flexibility index (Phi) is 2.59. The van der Waals surface area contributed by atoms with Gasteiger partial charge in [0, 0.05) is 12.4 Å². The summed E-state index contributed by atoms with van der Waals surface area (Å²) in [6, 6.07) is 11.3. The summed E-state index contributed by atoms with van der Waals surface area (Å²) in [5.74, 6) is 1.20. The minimum Gasteiger partial charge on any atom is -0.285 e. The Bertz CT molecular complexity index is 1210. The summed E-state index contributed by atoms with van der Waals surface area (Å²) in [4.78, 5) is 31.5. The molecule has 6 nitrogen and oxygen atoms in total. The Hall–Kier alpha value is -3.15. The molecule has 6 heteroatoms. The van der Waals surface area contributed by atoms with Gasteiger partial charge >= 0.3 is 5.69 Å². The molecule has 4 aromatic rings. The fourth-order valence-electron chi connectivity index (χ4n) is 3.27. The summed E-state index contributed by atoms with van der Waals surface area (Å²) >= 11 is 0. The zero-order valence-electron chi connectivity index (χ0n) is 12.8. The Morgan fingerprint density at radius 2 is 2.00 bits per heavy atom. The van der Waals surface area contributed by atoms with Crippen molar-refractivity contribution in [2.75, 3.05) is 0 Å². The summed E-state index contributed by atoms with van der Waals surface area (Å²) in [6.45, 7) is 0. The van der Waals surface area contributed by atoms with E-state index in [2.05, 4.69) is 9.97 Å². The van der Waals surface area contributed by atoms with Gasteiger partial charge in [0.15, 0.2) is 0 Å². The number of pyridine rings is 1. The van der Waals surface area contributed by atoms with E-state index in [1.807, 2.05) is 40.8 Å². The van der Waals surface area contributed by atoms with Gasteiger partial charge in [0.2, 0.25) is 0 Å². The van der Waals surface area contributed by atoms with Crippen molar-refractivity contribution in [1.82, 2.24) is 18.9 Å². The van der Waals surface area contributed by atoms with E-state index in [1.54, 1.807) is 17.0 Å². The van der Waals surface area contributed by atoms with E-state index in [4.69, 9.17) is 0 Å². The Labute approximate surface area is 136 Å². The number of aromatic amines is 1. The number of hydrogen-bond donors (Lipinski definition) is 1. The first-order valence-corrected chi connectivity index (χ1v) is 7.94. The maximum atomic E-state index is 12.6. The highest BCUT2D eigenvalue weighted by atomic mass is 16.2. The third-order valence-electron chi connectivity index (χ3n) is 4.62. The summed E-state index contributed by atoms with van der Waals surface area (Å²) in [5.41, 5.74) is 1.76. The minimum atomic E-state index is -0.443. The van der Waals surface area contributed by atoms with Crippen LogP contribution in [0.1, 0.15) is 24.3 Å². The molecule has 118 valence electrons. The molecule has 0 bridgehead atoms. The van der Waals surface area contributed by atoms with Crippen LogP contribution < -0.4 is 11.2 Å². The predicted octanol–water partition coefficient (Wildman–Crippen LogP) is 2.20. The molecule has 1 aliphatic rings. The van der Waals surface area contributed by atoms with Crippen molar-refractivity contribution in [2.24, 2.45) is 0 Å². The zero-order valence-corrected chi connectivity index (χ0v) is 12.8.